The van der Waals surface area contributed by atoms with Crippen molar-refractivity contribution in [3.05, 3.63) is 123 Å². The van der Waals surface area contributed by atoms with E-state index in [1.54, 1.807) is 30.3 Å². The lowest BCUT2D eigenvalue weighted by molar-refractivity contribution is -0.578. The molecule has 6 nitrogen and oxygen atoms in total. The Labute approximate surface area is 194 Å². The number of benzene rings is 4. The van der Waals surface area contributed by atoms with Gasteiger partial charge in [0.2, 0.25) is 11.8 Å². The number of hydrogen-bond acceptors (Lipinski definition) is 4. The molecular weight excluding hydrogens is 428 g/mol. The summed E-state index contributed by atoms with van der Waals surface area (Å²) in [6.07, 6.45) is 0. The predicted octanol–water partition coefficient (Wildman–Crippen LogP) is 4.62. The van der Waals surface area contributed by atoms with Gasteiger partial charge in [0.05, 0.1) is 11.6 Å². The number of carbonyl (C=O) groups excluding carboxylic acids is 2. The van der Waals surface area contributed by atoms with E-state index in [4.69, 9.17) is 0 Å². The van der Waals surface area contributed by atoms with Gasteiger partial charge in [-0.25, -0.2) is 4.90 Å². The molecule has 1 fully saturated rings. The van der Waals surface area contributed by atoms with Crippen molar-refractivity contribution in [2.24, 2.45) is 11.8 Å². The Morgan fingerprint density at radius 3 is 2.00 bits per heavy atom. The highest BCUT2D eigenvalue weighted by molar-refractivity contribution is 6.26. The van der Waals surface area contributed by atoms with Gasteiger partial charge in [-0.2, -0.15) is 0 Å². The van der Waals surface area contributed by atoms with Crippen molar-refractivity contribution in [2.45, 2.75) is 11.5 Å². The molecule has 1 saturated heterocycles. The van der Waals surface area contributed by atoms with Crippen LogP contribution in [0.15, 0.2) is 91.0 Å². The molecule has 4 aromatic carbocycles. The molecule has 8 rings (SSSR count). The zero-order chi connectivity index (χ0) is 23.2. The number of amides is 2. The molecule has 1 heterocycles. The molecule has 4 aliphatic rings. The van der Waals surface area contributed by atoms with Gasteiger partial charge in [0, 0.05) is 27.4 Å². The van der Waals surface area contributed by atoms with Gasteiger partial charge in [-0.3, -0.25) is 19.7 Å². The minimum Gasteiger partial charge on any atom is -0.274 e. The summed E-state index contributed by atoms with van der Waals surface area (Å²) < 4.78 is 0. The third-order valence-corrected chi connectivity index (χ3v) is 7.87. The molecule has 0 N–H and O–H groups in total. The Kier molecular flexibility index (Phi) is 3.60. The number of nitrogens with zero attached hydrogens (tertiary/aromatic N) is 2. The van der Waals surface area contributed by atoms with Crippen LogP contribution in [0.1, 0.15) is 28.2 Å². The van der Waals surface area contributed by atoms with Gasteiger partial charge in [0.1, 0.15) is 5.92 Å². The number of fused-ring (bicyclic) bond motifs is 1. The average molecular weight is 446 g/mol. The topological polar surface area (TPSA) is 80.5 Å². The van der Waals surface area contributed by atoms with Crippen molar-refractivity contribution in [2.75, 3.05) is 4.90 Å². The first-order valence-electron chi connectivity index (χ1n) is 11.3. The zero-order valence-corrected chi connectivity index (χ0v) is 17.9. The quantitative estimate of drug-likeness (QED) is 0.256. The highest BCUT2D eigenvalue weighted by Gasteiger charge is 2.74. The Balaban J connectivity index is 1.54. The Hall–Kier alpha value is -4.32. The lowest BCUT2D eigenvalue weighted by atomic mass is 9.51. The second-order valence-electron chi connectivity index (χ2n) is 9.19. The molecule has 0 aromatic heterocycles. The number of anilines is 1. The SMILES string of the molecule is O=C1[C@H]2C3c4ccccc4C([N+](=O)[O-])(c4ccccc43)[C@H]2C(=O)N1c1cccc2ccccc12. The second kappa shape index (κ2) is 6.38. The Morgan fingerprint density at radius 2 is 1.32 bits per heavy atom. The summed E-state index contributed by atoms with van der Waals surface area (Å²) in [4.78, 5) is 42.1. The van der Waals surface area contributed by atoms with Crippen LogP contribution in [0, 0.1) is 22.0 Å². The van der Waals surface area contributed by atoms with Gasteiger partial charge < -0.3 is 0 Å². The van der Waals surface area contributed by atoms with Crippen molar-refractivity contribution in [1.29, 1.82) is 0 Å². The first kappa shape index (κ1) is 19.2. The highest BCUT2D eigenvalue weighted by Crippen LogP contribution is 2.64. The van der Waals surface area contributed by atoms with E-state index in [9.17, 15) is 19.7 Å². The zero-order valence-electron chi connectivity index (χ0n) is 17.9. The van der Waals surface area contributed by atoms with E-state index < -0.39 is 29.2 Å². The molecule has 0 unspecified atom stereocenters. The minimum atomic E-state index is -1.81. The Bertz CT molecular complexity index is 1520. The molecule has 2 bridgehead atoms. The van der Waals surface area contributed by atoms with E-state index in [-0.39, 0.29) is 10.8 Å². The lowest BCUT2D eigenvalue weighted by Crippen LogP contribution is -2.57. The van der Waals surface area contributed by atoms with Gasteiger partial charge in [-0.1, -0.05) is 84.9 Å². The number of carbonyl (C=O) groups is 2. The number of rotatable bonds is 2. The van der Waals surface area contributed by atoms with Crippen molar-refractivity contribution < 1.29 is 14.5 Å². The fourth-order valence-corrected chi connectivity index (χ4v) is 6.68. The maximum Gasteiger partial charge on any atom is 0.285 e. The molecule has 4 aromatic rings. The molecule has 2 atom stereocenters. The highest BCUT2D eigenvalue weighted by atomic mass is 16.6. The fraction of sp³-hybridized carbons (Fsp3) is 0.143. The van der Waals surface area contributed by atoms with Gasteiger partial charge in [0.25, 0.3) is 5.54 Å². The average Bonchev–Trinajstić information content (AvgIpc) is 3.14. The van der Waals surface area contributed by atoms with Gasteiger partial charge in [-0.05, 0) is 22.6 Å². The molecule has 6 heteroatoms. The van der Waals surface area contributed by atoms with Crippen LogP contribution in [0.4, 0.5) is 5.69 Å². The summed E-state index contributed by atoms with van der Waals surface area (Å²) in [7, 11) is 0. The third-order valence-electron chi connectivity index (χ3n) is 7.87. The maximum absolute atomic E-state index is 14.1. The van der Waals surface area contributed by atoms with E-state index in [0.717, 1.165) is 21.9 Å². The molecule has 164 valence electrons. The number of hydrogen-bond donors (Lipinski definition) is 0. The van der Waals surface area contributed by atoms with E-state index >= 15 is 0 Å². The minimum absolute atomic E-state index is 0.338. The van der Waals surface area contributed by atoms with Crippen LogP contribution >= 0.6 is 0 Å². The van der Waals surface area contributed by atoms with Gasteiger partial charge >= 0.3 is 0 Å². The Morgan fingerprint density at radius 1 is 0.735 bits per heavy atom. The van der Waals surface area contributed by atoms with Crippen LogP contribution in [0.3, 0.4) is 0 Å². The monoisotopic (exact) mass is 446 g/mol. The summed E-state index contributed by atoms with van der Waals surface area (Å²) in [5, 5.41) is 14.7. The molecule has 0 radical (unpaired) electrons. The lowest BCUT2D eigenvalue weighted by Gasteiger charge is -2.48. The summed E-state index contributed by atoms with van der Waals surface area (Å²) in [6, 6.07) is 27.5. The first-order chi connectivity index (χ1) is 16.6. The molecule has 3 aliphatic carbocycles. The third kappa shape index (κ3) is 2.02. The van der Waals surface area contributed by atoms with E-state index in [1.165, 1.54) is 4.90 Å². The summed E-state index contributed by atoms with van der Waals surface area (Å²) in [6.45, 7) is 0. The number of imide groups is 1. The van der Waals surface area contributed by atoms with E-state index in [0.29, 0.717) is 16.8 Å². The van der Waals surface area contributed by atoms with Gasteiger partial charge in [0.15, 0.2) is 0 Å². The van der Waals surface area contributed by atoms with Crippen LogP contribution in [0.2, 0.25) is 0 Å². The smallest absolute Gasteiger partial charge is 0.274 e. The molecule has 1 aliphatic heterocycles. The van der Waals surface area contributed by atoms with Crippen LogP contribution in [-0.4, -0.2) is 16.7 Å². The summed E-state index contributed by atoms with van der Waals surface area (Å²) in [5.41, 5.74) is 1.24. The van der Waals surface area contributed by atoms with Gasteiger partial charge in [-0.15, -0.1) is 0 Å². The van der Waals surface area contributed by atoms with E-state index in [1.807, 2.05) is 60.7 Å². The van der Waals surface area contributed by atoms with Crippen LogP contribution in [0.25, 0.3) is 10.8 Å². The predicted molar refractivity (Wildman–Crippen MR) is 126 cm³/mol. The summed E-state index contributed by atoms with van der Waals surface area (Å²) in [5.74, 6) is -3.22. The fourth-order valence-electron chi connectivity index (χ4n) is 6.68. The molecule has 2 amide bonds. The van der Waals surface area contributed by atoms with Crippen molar-refractivity contribution in [3.63, 3.8) is 0 Å². The standard InChI is InChI=1S/C28H18N2O4/c31-26-24-23-18-11-3-5-13-20(18)28(30(33)34,21-14-6-4-12-19(21)23)25(24)27(32)29(26)22-15-7-9-16-8-1-2-10-17(16)22/h1-15,23-25H/t23?,24-,25+,28?/m0/s1. The van der Waals surface area contributed by atoms with Crippen LogP contribution in [-0.2, 0) is 15.1 Å². The van der Waals surface area contributed by atoms with Crippen LogP contribution < -0.4 is 4.90 Å². The molecule has 0 spiro atoms. The number of nitro groups is 1. The maximum atomic E-state index is 14.1. The van der Waals surface area contributed by atoms with Crippen molar-refractivity contribution in [3.8, 4) is 0 Å². The largest absolute Gasteiger partial charge is 0.285 e. The summed E-state index contributed by atoms with van der Waals surface area (Å²) >= 11 is 0. The van der Waals surface area contributed by atoms with Crippen molar-refractivity contribution in [1.82, 2.24) is 0 Å². The van der Waals surface area contributed by atoms with Crippen LogP contribution in [0.5, 0.6) is 0 Å². The second-order valence-corrected chi connectivity index (χ2v) is 9.19. The molecule has 0 saturated carbocycles. The molecule has 34 heavy (non-hydrogen) atoms. The van der Waals surface area contributed by atoms with E-state index in [2.05, 4.69) is 0 Å². The first-order valence-corrected chi connectivity index (χ1v) is 11.3. The molecular formula is C28H18N2O4. The normalized spacial score (nSPS) is 26.4. The van der Waals surface area contributed by atoms with Crippen molar-refractivity contribution >= 4 is 28.3 Å².